The summed E-state index contributed by atoms with van der Waals surface area (Å²) in [5.74, 6) is 0. The van der Waals surface area contributed by atoms with Gasteiger partial charge in [-0.25, -0.2) is 14.5 Å². The lowest BCUT2D eigenvalue weighted by molar-refractivity contribution is 0.110. The molecular weight excluding hydrogens is 605 g/mol. The van der Waals surface area contributed by atoms with Crippen molar-refractivity contribution >= 4 is 60.7 Å². The van der Waals surface area contributed by atoms with E-state index in [0.717, 1.165) is 77.2 Å². The van der Waals surface area contributed by atoms with Gasteiger partial charge < -0.3 is 13.9 Å². The Morgan fingerprint density at radius 3 is 1.33 bits per heavy atom. The third-order valence-corrected chi connectivity index (χ3v) is 9.51. The van der Waals surface area contributed by atoms with Crippen molar-refractivity contribution in [2.45, 2.75) is 13.2 Å². The van der Waals surface area contributed by atoms with Crippen LogP contribution in [0.25, 0.3) is 80.6 Å². The number of fused-ring (bicyclic) bond motifs is 9. The van der Waals surface area contributed by atoms with Gasteiger partial charge in [0.25, 0.3) is 0 Å². The Kier molecular flexibility index (Phi) is 6.13. The second-order valence-electron chi connectivity index (χ2n) is 12.1. The molecule has 1 aliphatic rings. The van der Waals surface area contributed by atoms with E-state index in [-0.39, 0.29) is 0 Å². The van der Waals surface area contributed by atoms with E-state index >= 15 is 0 Å². The van der Waals surface area contributed by atoms with E-state index in [1.807, 2.05) is 72.8 Å². The van der Waals surface area contributed by atoms with Crippen molar-refractivity contribution < 1.29 is 4.74 Å². The first kappa shape index (κ1) is 28.1. The summed E-state index contributed by atoms with van der Waals surface area (Å²) in [6.45, 7) is 23.7. The quantitative estimate of drug-likeness (QED) is 0.179. The van der Waals surface area contributed by atoms with E-state index in [0.29, 0.717) is 35.8 Å². The van der Waals surface area contributed by atoms with Gasteiger partial charge in [-0.2, -0.15) is 5.26 Å². The molecule has 9 rings (SSSR count). The molecule has 0 saturated carbocycles. The summed E-state index contributed by atoms with van der Waals surface area (Å²) in [6.07, 6.45) is 0. The maximum absolute atomic E-state index is 9.66. The van der Waals surface area contributed by atoms with Crippen molar-refractivity contribution in [3.63, 3.8) is 0 Å². The first-order chi connectivity index (χ1) is 24.1. The Morgan fingerprint density at radius 2 is 0.918 bits per heavy atom. The highest BCUT2D eigenvalue weighted by molar-refractivity contribution is 6.12. The second kappa shape index (κ2) is 10.7. The number of ether oxygens (including phenoxy) is 1. The summed E-state index contributed by atoms with van der Waals surface area (Å²) in [4.78, 5) is 11.0. The van der Waals surface area contributed by atoms with Gasteiger partial charge in [-0.05, 0) is 117 Å². The number of rotatable bonds is 2. The largest absolute Gasteiger partial charge is 0.372 e. The van der Waals surface area contributed by atoms with E-state index in [9.17, 15) is 5.26 Å². The van der Waals surface area contributed by atoms with Gasteiger partial charge in [-0.1, -0.05) is 30.3 Å². The van der Waals surface area contributed by atoms with Crippen molar-refractivity contribution in [1.82, 2.24) is 9.13 Å². The molecule has 49 heavy (non-hydrogen) atoms. The normalized spacial score (nSPS) is 12.2. The molecule has 2 aromatic heterocycles. The Labute approximate surface area is 281 Å². The number of hydrogen-bond acceptors (Lipinski definition) is 2. The zero-order valence-corrected chi connectivity index (χ0v) is 25.9. The van der Waals surface area contributed by atoms with Gasteiger partial charge in [0.15, 0.2) is 17.1 Å². The SMILES string of the molecule is [C-]#[N+]c1ccc2c(c1)c1cc(C#N)ccc1n2-c1ccc2c(c1)-c1cc(-n3c4ccc([N+]#[C-])cc4c4cc([N+]#[C-])ccc43)ccc1COC2. The van der Waals surface area contributed by atoms with Crippen LogP contribution >= 0.6 is 0 Å². The van der Waals surface area contributed by atoms with E-state index in [4.69, 9.17) is 24.5 Å². The molecule has 0 bridgehead atoms. The Balaban J connectivity index is 1.28. The van der Waals surface area contributed by atoms with Crippen LogP contribution in [-0.4, -0.2) is 9.13 Å². The third-order valence-electron chi connectivity index (χ3n) is 9.51. The zero-order chi connectivity index (χ0) is 33.2. The van der Waals surface area contributed by atoms with Crippen molar-refractivity contribution in [3.8, 4) is 28.6 Å². The number of nitriles is 1. The minimum atomic E-state index is 0.473. The summed E-state index contributed by atoms with van der Waals surface area (Å²) in [7, 11) is 0. The molecule has 0 radical (unpaired) electrons. The van der Waals surface area contributed by atoms with Crippen LogP contribution in [0.15, 0.2) is 109 Å². The molecule has 0 aliphatic carbocycles. The first-order valence-electron chi connectivity index (χ1n) is 15.6. The fourth-order valence-electron chi connectivity index (χ4n) is 7.28. The maximum atomic E-state index is 9.66. The van der Waals surface area contributed by atoms with Crippen LogP contribution in [0.1, 0.15) is 16.7 Å². The minimum absolute atomic E-state index is 0.473. The smallest absolute Gasteiger partial charge is 0.188 e. The van der Waals surface area contributed by atoms with Gasteiger partial charge in [-0.15, -0.1) is 0 Å². The summed E-state index contributed by atoms with van der Waals surface area (Å²) in [5.41, 5.74) is 12.3. The Bertz CT molecular complexity index is 2570. The molecule has 0 saturated heterocycles. The van der Waals surface area contributed by atoms with Crippen LogP contribution in [0.5, 0.6) is 0 Å². The first-order valence-corrected chi connectivity index (χ1v) is 15.6. The molecule has 8 aromatic rings. The van der Waals surface area contributed by atoms with E-state index in [2.05, 4.69) is 66.1 Å². The fourth-order valence-corrected chi connectivity index (χ4v) is 7.28. The number of nitrogens with zero attached hydrogens (tertiary/aromatic N) is 6. The molecule has 0 N–H and O–H groups in total. The molecule has 226 valence electrons. The molecular formula is C42H22N6O. The lowest BCUT2D eigenvalue weighted by Crippen LogP contribution is -1.99. The number of aromatic nitrogens is 2. The van der Waals surface area contributed by atoms with Gasteiger partial charge in [0.1, 0.15) is 0 Å². The van der Waals surface area contributed by atoms with Crippen LogP contribution in [-0.2, 0) is 18.0 Å². The van der Waals surface area contributed by atoms with Crippen molar-refractivity contribution in [3.05, 3.63) is 160 Å². The molecule has 7 nitrogen and oxygen atoms in total. The Morgan fingerprint density at radius 1 is 0.510 bits per heavy atom. The van der Waals surface area contributed by atoms with Crippen LogP contribution in [0.3, 0.4) is 0 Å². The zero-order valence-electron chi connectivity index (χ0n) is 25.9. The highest BCUT2D eigenvalue weighted by Crippen LogP contribution is 2.41. The van der Waals surface area contributed by atoms with Crippen LogP contribution in [0.4, 0.5) is 17.1 Å². The van der Waals surface area contributed by atoms with Crippen LogP contribution in [0.2, 0.25) is 0 Å². The highest BCUT2D eigenvalue weighted by atomic mass is 16.5. The van der Waals surface area contributed by atoms with Crippen molar-refractivity contribution in [2.75, 3.05) is 0 Å². The molecule has 0 fully saturated rings. The van der Waals surface area contributed by atoms with Gasteiger partial charge >= 0.3 is 0 Å². The maximum Gasteiger partial charge on any atom is 0.188 e. The van der Waals surface area contributed by atoms with E-state index in [1.165, 1.54) is 0 Å². The third kappa shape index (κ3) is 4.22. The summed E-state index contributed by atoms with van der Waals surface area (Å²) in [5, 5.41) is 13.4. The molecule has 0 unspecified atom stereocenters. The average Bonchev–Trinajstić information content (AvgIpc) is 3.58. The van der Waals surface area contributed by atoms with Crippen molar-refractivity contribution in [2.24, 2.45) is 0 Å². The molecule has 0 amide bonds. The van der Waals surface area contributed by atoms with Gasteiger partial charge in [0, 0.05) is 16.8 Å². The predicted molar refractivity (Wildman–Crippen MR) is 193 cm³/mol. The lowest BCUT2D eigenvalue weighted by Gasteiger charge is -2.16. The minimum Gasteiger partial charge on any atom is -0.372 e. The summed E-state index contributed by atoms with van der Waals surface area (Å²) >= 11 is 0. The van der Waals surface area contributed by atoms with E-state index in [1.54, 1.807) is 0 Å². The van der Waals surface area contributed by atoms with Gasteiger partial charge in [-0.3, -0.25) is 0 Å². The average molecular weight is 627 g/mol. The van der Waals surface area contributed by atoms with Crippen LogP contribution < -0.4 is 0 Å². The molecule has 3 heterocycles. The molecule has 0 atom stereocenters. The lowest BCUT2D eigenvalue weighted by atomic mass is 9.95. The molecule has 6 aromatic carbocycles. The molecule has 1 aliphatic heterocycles. The summed E-state index contributed by atoms with van der Waals surface area (Å²) in [6, 6.07) is 38.0. The number of benzene rings is 6. The fraction of sp³-hybridized carbons (Fsp3) is 0.0476. The van der Waals surface area contributed by atoms with Crippen LogP contribution in [0, 0.1) is 31.0 Å². The topological polar surface area (TPSA) is 56.0 Å². The Hall–Kier alpha value is -7.16. The van der Waals surface area contributed by atoms with Gasteiger partial charge in [0.2, 0.25) is 0 Å². The van der Waals surface area contributed by atoms with Gasteiger partial charge in [0.05, 0.1) is 66.6 Å². The second-order valence-corrected chi connectivity index (χ2v) is 12.1. The van der Waals surface area contributed by atoms with E-state index < -0.39 is 0 Å². The summed E-state index contributed by atoms with van der Waals surface area (Å²) < 4.78 is 10.6. The monoisotopic (exact) mass is 626 g/mol. The van der Waals surface area contributed by atoms with Crippen molar-refractivity contribution in [1.29, 1.82) is 5.26 Å². The standard InChI is InChI=1S/C42H22N6O/c1-44-28-7-13-40-36(17-28)35-16-25(22-43)4-12-39(35)47(40)31-10-5-26-23-49-24-27-6-11-32(21-34(27)33(26)20-31)48-41-14-8-29(45-2)18-37(41)38-19-30(46-3)9-15-42(38)48/h4-21H,23-24H2. The molecule has 7 heteroatoms. The molecule has 0 spiro atoms. The predicted octanol–water partition coefficient (Wildman–Crippen LogP) is 11.1. The number of hydrogen-bond donors (Lipinski definition) is 0. The highest BCUT2D eigenvalue weighted by Gasteiger charge is 2.21.